The van der Waals surface area contributed by atoms with Crippen LogP contribution in [0, 0.1) is 0 Å². The van der Waals surface area contributed by atoms with Crippen LogP contribution < -0.4 is 0 Å². The van der Waals surface area contributed by atoms with Gasteiger partial charge < -0.3 is 4.57 Å². The monoisotopic (exact) mass is 792 g/mol. The highest BCUT2D eigenvalue weighted by Crippen LogP contribution is 2.58. The molecule has 2 aromatic heterocycles. The third-order valence-electron chi connectivity index (χ3n) is 12.9. The van der Waals surface area contributed by atoms with Crippen LogP contribution in [0.5, 0.6) is 0 Å². The summed E-state index contributed by atoms with van der Waals surface area (Å²) < 4.78 is 2.35. The Morgan fingerprint density at radius 3 is 1.55 bits per heavy atom. The molecule has 292 valence electrons. The maximum absolute atomic E-state index is 5.40. The molecule has 2 aliphatic carbocycles. The van der Waals surface area contributed by atoms with Gasteiger partial charge in [0, 0.05) is 27.6 Å². The van der Waals surface area contributed by atoms with E-state index in [0.29, 0.717) is 17.5 Å². The van der Waals surface area contributed by atoms with E-state index in [-0.39, 0.29) is 0 Å². The van der Waals surface area contributed by atoms with Gasteiger partial charge in [-0.1, -0.05) is 182 Å². The first-order valence-electron chi connectivity index (χ1n) is 21.4. The van der Waals surface area contributed by atoms with E-state index >= 15 is 0 Å². The second-order valence-corrected chi connectivity index (χ2v) is 16.2. The van der Waals surface area contributed by atoms with Crippen LogP contribution in [0.4, 0.5) is 0 Å². The Morgan fingerprint density at radius 2 is 0.887 bits per heavy atom. The van der Waals surface area contributed by atoms with E-state index in [0.717, 1.165) is 40.8 Å². The Labute approximate surface area is 360 Å². The summed E-state index contributed by atoms with van der Waals surface area (Å²) in [6.45, 7) is 0. The van der Waals surface area contributed by atoms with Crippen molar-refractivity contribution in [2.75, 3.05) is 0 Å². The van der Waals surface area contributed by atoms with Crippen molar-refractivity contribution in [2.45, 2.75) is 18.3 Å². The van der Waals surface area contributed by atoms with Gasteiger partial charge >= 0.3 is 0 Å². The predicted octanol–water partition coefficient (Wildman–Crippen LogP) is 13.9. The van der Waals surface area contributed by atoms with Crippen molar-refractivity contribution in [3.8, 4) is 39.6 Å². The number of hydrogen-bond donors (Lipinski definition) is 0. The molecule has 0 aliphatic heterocycles. The number of nitrogens with zero attached hydrogens (tertiary/aromatic N) is 4. The largest absolute Gasteiger partial charge is 0.309 e. The highest BCUT2D eigenvalue weighted by Gasteiger charge is 2.47. The van der Waals surface area contributed by atoms with E-state index in [2.05, 4.69) is 223 Å². The molecule has 8 aromatic carbocycles. The van der Waals surface area contributed by atoms with Crippen LogP contribution in [-0.4, -0.2) is 19.5 Å². The zero-order valence-electron chi connectivity index (χ0n) is 34.0. The standard InChI is InChI=1S/C58H40N4/c1-4-17-39(18-5-1)40-31-33-41(34-32-40)55-59-56(42-35-37-45(38-36-42)62-52-29-14-11-23-46(52)47-24-12-15-30-53(47)62)61-57(60-55)49-26-16-28-51-54(49)48-25-10-13-27-50(48)58(51,43-19-6-2-7-20-43)44-21-8-3-9-22-44/h1-31,33,35-38H,32,34H2. The van der Waals surface area contributed by atoms with Crippen molar-refractivity contribution in [3.63, 3.8) is 0 Å². The molecule has 2 heterocycles. The second kappa shape index (κ2) is 14.6. The molecule has 0 unspecified atom stereocenters. The zero-order chi connectivity index (χ0) is 41.0. The first-order valence-corrected chi connectivity index (χ1v) is 21.4. The fourth-order valence-corrected chi connectivity index (χ4v) is 10.1. The summed E-state index contributed by atoms with van der Waals surface area (Å²) in [4.78, 5) is 16.1. The van der Waals surface area contributed by atoms with Gasteiger partial charge in [0.25, 0.3) is 0 Å². The Morgan fingerprint density at radius 1 is 0.371 bits per heavy atom. The lowest BCUT2D eigenvalue weighted by Crippen LogP contribution is -2.28. The number of benzene rings is 8. The Hall–Kier alpha value is -7.95. The van der Waals surface area contributed by atoms with Crippen LogP contribution in [0.1, 0.15) is 46.5 Å². The minimum atomic E-state index is -0.531. The smallest absolute Gasteiger partial charge is 0.164 e. The van der Waals surface area contributed by atoms with E-state index in [1.165, 1.54) is 60.8 Å². The Kier molecular flexibility index (Phi) is 8.49. The molecular weight excluding hydrogens is 753 g/mol. The van der Waals surface area contributed by atoms with Gasteiger partial charge in [-0.05, 0) is 99.3 Å². The van der Waals surface area contributed by atoms with Gasteiger partial charge in [0.05, 0.1) is 16.4 Å². The van der Waals surface area contributed by atoms with E-state index in [9.17, 15) is 0 Å². The molecule has 2 aliphatic rings. The summed E-state index contributed by atoms with van der Waals surface area (Å²) in [5.74, 6) is 2.03. The van der Waals surface area contributed by atoms with Crippen molar-refractivity contribution in [1.29, 1.82) is 0 Å². The van der Waals surface area contributed by atoms with Gasteiger partial charge in [0.1, 0.15) is 0 Å². The molecule has 10 aromatic rings. The van der Waals surface area contributed by atoms with E-state index in [4.69, 9.17) is 15.0 Å². The topological polar surface area (TPSA) is 43.6 Å². The van der Waals surface area contributed by atoms with Crippen molar-refractivity contribution < 1.29 is 0 Å². The third kappa shape index (κ3) is 5.64. The molecule has 0 saturated heterocycles. The number of hydrogen-bond acceptors (Lipinski definition) is 3. The quantitative estimate of drug-likeness (QED) is 0.161. The SMILES string of the molecule is C1=C(c2ccccc2)CCC(c2nc(-c3ccc(-n4c5ccccc5c5ccccc54)cc3)nc(-c3cccc4c3-c3ccccc3C4(c3ccccc3)c3ccccc3)n2)=C1. The van der Waals surface area contributed by atoms with Crippen molar-refractivity contribution in [3.05, 3.63) is 252 Å². The number of aromatic nitrogens is 4. The third-order valence-corrected chi connectivity index (χ3v) is 12.9. The Bertz CT molecular complexity index is 3290. The normalized spacial score (nSPS) is 14.0. The summed E-state index contributed by atoms with van der Waals surface area (Å²) in [5.41, 5.74) is 15.8. The summed E-state index contributed by atoms with van der Waals surface area (Å²) >= 11 is 0. The van der Waals surface area contributed by atoms with E-state index in [1.807, 2.05) is 0 Å². The number of rotatable bonds is 7. The van der Waals surface area contributed by atoms with Crippen LogP contribution in [-0.2, 0) is 5.41 Å². The molecule has 0 saturated carbocycles. The van der Waals surface area contributed by atoms with Crippen molar-refractivity contribution in [1.82, 2.24) is 19.5 Å². The minimum absolute atomic E-state index is 0.531. The molecule has 0 bridgehead atoms. The molecule has 62 heavy (non-hydrogen) atoms. The van der Waals surface area contributed by atoms with Gasteiger partial charge in [0.15, 0.2) is 17.5 Å². The highest BCUT2D eigenvalue weighted by molar-refractivity contribution is 6.09. The van der Waals surface area contributed by atoms with E-state index < -0.39 is 5.41 Å². The molecule has 0 N–H and O–H groups in total. The van der Waals surface area contributed by atoms with Crippen LogP contribution in [0.15, 0.2) is 218 Å². The number of fused-ring (bicyclic) bond motifs is 6. The minimum Gasteiger partial charge on any atom is -0.309 e. The molecular formula is C58H40N4. The van der Waals surface area contributed by atoms with Gasteiger partial charge in [-0.25, -0.2) is 15.0 Å². The summed E-state index contributed by atoms with van der Waals surface area (Å²) in [6, 6.07) is 74.0. The van der Waals surface area contributed by atoms with Gasteiger partial charge in [-0.3, -0.25) is 0 Å². The molecule has 0 radical (unpaired) electrons. The van der Waals surface area contributed by atoms with Crippen LogP contribution in [0.2, 0.25) is 0 Å². The van der Waals surface area contributed by atoms with Gasteiger partial charge in [0.2, 0.25) is 0 Å². The van der Waals surface area contributed by atoms with Gasteiger partial charge in [-0.15, -0.1) is 0 Å². The summed E-state index contributed by atoms with van der Waals surface area (Å²) in [5, 5.41) is 2.48. The average molecular weight is 793 g/mol. The Balaban J connectivity index is 1.06. The first-order chi connectivity index (χ1) is 30.8. The second-order valence-electron chi connectivity index (χ2n) is 16.2. The fourth-order valence-electron chi connectivity index (χ4n) is 10.1. The van der Waals surface area contributed by atoms with Crippen LogP contribution in [0.25, 0.3) is 72.5 Å². The fraction of sp³-hybridized carbons (Fsp3) is 0.0517. The van der Waals surface area contributed by atoms with Crippen molar-refractivity contribution in [2.24, 2.45) is 0 Å². The average Bonchev–Trinajstić information content (AvgIpc) is 3.86. The number of allylic oxidation sites excluding steroid dienone is 4. The lowest BCUT2D eigenvalue weighted by Gasteiger charge is -2.33. The summed E-state index contributed by atoms with van der Waals surface area (Å²) in [6.07, 6.45) is 6.19. The lowest BCUT2D eigenvalue weighted by atomic mass is 9.67. The molecule has 0 spiro atoms. The lowest BCUT2D eigenvalue weighted by molar-refractivity contribution is 0.768. The predicted molar refractivity (Wildman–Crippen MR) is 254 cm³/mol. The van der Waals surface area contributed by atoms with Gasteiger partial charge in [-0.2, -0.15) is 0 Å². The molecule has 4 heteroatoms. The van der Waals surface area contributed by atoms with Crippen molar-refractivity contribution >= 4 is 33.0 Å². The molecule has 0 amide bonds. The first kappa shape index (κ1) is 35.9. The zero-order valence-corrected chi connectivity index (χ0v) is 34.0. The summed E-state index contributed by atoms with van der Waals surface area (Å²) in [7, 11) is 0. The van der Waals surface area contributed by atoms with E-state index in [1.54, 1.807) is 0 Å². The molecule has 0 atom stereocenters. The molecule has 4 nitrogen and oxygen atoms in total. The highest BCUT2D eigenvalue weighted by atomic mass is 15.0. The molecule has 12 rings (SSSR count). The molecule has 0 fully saturated rings. The van der Waals surface area contributed by atoms with Crippen LogP contribution >= 0.6 is 0 Å². The van der Waals surface area contributed by atoms with Crippen LogP contribution in [0.3, 0.4) is 0 Å². The maximum atomic E-state index is 5.40. The maximum Gasteiger partial charge on any atom is 0.164 e. The number of para-hydroxylation sites is 2.